The molecule has 1 rings (SSSR count). The lowest BCUT2D eigenvalue weighted by Crippen LogP contribution is -2.21. The molecule has 1 aromatic heterocycles. The zero-order valence-electron chi connectivity index (χ0n) is 9.17. The molecule has 78 valence electrons. The van der Waals surface area contributed by atoms with Gasteiger partial charge in [0.05, 0.1) is 0 Å². The van der Waals surface area contributed by atoms with Crippen LogP contribution in [0.2, 0.25) is 0 Å². The van der Waals surface area contributed by atoms with Gasteiger partial charge in [-0.05, 0) is 24.6 Å². The van der Waals surface area contributed by atoms with E-state index in [0.717, 1.165) is 18.9 Å². The monoisotopic (exact) mass is 193 g/mol. The molecular formula is C11H19N3. The Labute approximate surface area is 85.9 Å². The lowest BCUT2D eigenvalue weighted by Gasteiger charge is -2.09. The minimum Gasteiger partial charge on any atom is -0.370 e. The number of aromatic nitrogens is 1. The van der Waals surface area contributed by atoms with E-state index >= 15 is 0 Å². The minimum atomic E-state index is 0.519. The zero-order valence-corrected chi connectivity index (χ0v) is 9.17. The van der Waals surface area contributed by atoms with Crippen molar-refractivity contribution in [2.24, 2.45) is 0 Å². The van der Waals surface area contributed by atoms with E-state index in [2.05, 4.69) is 42.5 Å². The molecule has 0 aliphatic carbocycles. The summed E-state index contributed by atoms with van der Waals surface area (Å²) in [6.07, 6.45) is 1.84. The van der Waals surface area contributed by atoms with Gasteiger partial charge in [0.25, 0.3) is 0 Å². The topological polar surface area (TPSA) is 37.0 Å². The van der Waals surface area contributed by atoms with Gasteiger partial charge in [-0.25, -0.2) is 4.98 Å². The summed E-state index contributed by atoms with van der Waals surface area (Å²) in [6, 6.07) is 4.64. The Hall–Kier alpha value is -1.09. The first-order valence-electron chi connectivity index (χ1n) is 5.14. The first-order valence-corrected chi connectivity index (χ1v) is 5.14. The maximum atomic E-state index is 4.22. The van der Waals surface area contributed by atoms with Crippen LogP contribution in [0.25, 0.3) is 0 Å². The summed E-state index contributed by atoms with van der Waals surface area (Å²) < 4.78 is 0. The summed E-state index contributed by atoms with van der Waals surface area (Å²) in [5.74, 6) is 0.954. The highest BCUT2D eigenvalue weighted by molar-refractivity contribution is 5.37. The van der Waals surface area contributed by atoms with Crippen molar-refractivity contribution in [2.45, 2.75) is 33.4 Å². The molecule has 3 heteroatoms. The minimum absolute atomic E-state index is 0.519. The fraction of sp³-hybridized carbons (Fsp3) is 0.545. The number of pyridine rings is 1. The highest BCUT2D eigenvalue weighted by Crippen LogP contribution is 2.06. The first-order chi connectivity index (χ1) is 6.72. The van der Waals surface area contributed by atoms with Crippen LogP contribution in [0.15, 0.2) is 18.3 Å². The average Bonchev–Trinajstić information content (AvgIpc) is 2.16. The predicted octanol–water partition coefficient (Wildman–Crippen LogP) is 2.01. The predicted molar refractivity (Wildman–Crippen MR) is 60.4 cm³/mol. The van der Waals surface area contributed by atoms with Crippen LogP contribution in [0.4, 0.5) is 5.82 Å². The van der Waals surface area contributed by atoms with Crippen molar-refractivity contribution in [3.05, 3.63) is 23.9 Å². The van der Waals surface area contributed by atoms with E-state index in [0.29, 0.717) is 6.04 Å². The number of hydrogen-bond donors (Lipinski definition) is 2. The largest absolute Gasteiger partial charge is 0.370 e. The van der Waals surface area contributed by atoms with Crippen molar-refractivity contribution in [1.82, 2.24) is 10.3 Å². The molecule has 0 atom stereocenters. The summed E-state index contributed by atoms with van der Waals surface area (Å²) >= 11 is 0. The van der Waals surface area contributed by atoms with Gasteiger partial charge in [0.1, 0.15) is 5.82 Å². The van der Waals surface area contributed by atoms with E-state index in [9.17, 15) is 0 Å². The van der Waals surface area contributed by atoms with Crippen LogP contribution in [-0.2, 0) is 6.54 Å². The molecule has 0 bridgehead atoms. The number of rotatable bonds is 5. The van der Waals surface area contributed by atoms with Gasteiger partial charge >= 0.3 is 0 Å². The Balaban J connectivity index is 2.54. The molecule has 14 heavy (non-hydrogen) atoms. The van der Waals surface area contributed by atoms with Crippen LogP contribution in [-0.4, -0.2) is 17.6 Å². The standard InChI is InChI=1S/C11H19N3/c1-4-12-11-7-10(5-6-13-11)8-14-9(2)3/h5-7,9,14H,4,8H2,1-3H3,(H,12,13). The molecule has 0 amide bonds. The van der Waals surface area contributed by atoms with Gasteiger partial charge in [-0.15, -0.1) is 0 Å². The van der Waals surface area contributed by atoms with Crippen molar-refractivity contribution in [3.63, 3.8) is 0 Å². The lowest BCUT2D eigenvalue weighted by atomic mass is 10.2. The highest BCUT2D eigenvalue weighted by atomic mass is 15.0. The first kappa shape index (κ1) is 11.0. The van der Waals surface area contributed by atoms with Crippen molar-refractivity contribution in [1.29, 1.82) is 0 Å². The summed E-state index contributed by atoms with van der Waals surface area (Å²) in [5, 5.41) is 6.57. The Morgan fingerprint density at radius 1 is 1.43 bits per heavy atom. The fourth-order valence-electron chi connectivity index (χ4n) is 1.18. The second-order valence-corrected chi connectivity index (χ2v) is 3.62. The molecule has 0 aliphatic rings. The molecule has 0 unspecified atom stereocenters. The maximum Gasteiger partial charge on any atom is 0.126 e. The zero-order chi connectivity index (χ0) is 10.4. The number of hydrogen-bond acceptors (Lipinski definition) is 3. The van der Waals surface area contributed by atoms with Crippen LogP contribution in [0.3, 0.4) is 0 Å². The smallest absolute Gasteiger partial charge is 0.126 e. The van der Waals surface area contributed by atoms with E-state index in [1.54, 1.807) is 0 Å². The molecule has 0 aliphatic heterocycles. The van der Waals surface area contributed by atoms with Gasteiger partial charge in [0, 0.05) is 25.3 Å². The van der Waals surface area contributed by atoms with Crippen molar-refractivity contribution >= 4 is 5.82 Å². The van der Waals surface area contributed by atoms with Gasteiger partial charge in [0.15, 0.2) is 0 Å². The maximum absolute atomic E-state index is 4.22. The van der Waals surface area contributed by atoms with Gasteiger partial charge in [-0.1, -0.05) is 13.8 Å². The van der Waals surface area contributed by atoms with Crippen molar-refractivity contribution in [3.8, 4) is 0 Å². The molecule has 0 radical (unpaired) electrons. The van der Waals surface area contributed by atoms with E-state index in [4.69, 9.17) is 0 Å². The van der Waals surface area contributed by atoms with E-state index in [1.165, 1.54) is 5.56 Å². The Morgan fingerprint density at radius 2 is 2.21 bits per heavy atom. The molecular weight excluding hydrogens is 174 g/mol. The van der Waals surface area contributed by atoms with Crippen LogP contribution in [0, 0.1) is 0 Å². The Bertz CT molecular complexity index is 271. The third-order valence-corrected chi connectivity index (χ3v) is 1.90. The van der Waals surface area contributed by atoms with Gasteiger partial charge in [-0.2, -0.15) is 0 Å². The SMILES string of the molecule is CCNc1cc(CNC(C)C)ccn1. The van der Waals surface area contributed by atoms with E-state index in [-0.39, 0.29) is 0 Å². The molecule has 1 aromatic rings. The summed E-state index contributed by atoms with van der Waals surface area (Å²) in [6.45, 7) is 8.17. The Kier molecular flexibility index (Phi) is 4.40. The van der Waals surface area contributed by atoms with Gasteiger partial charge in [-0.3, -0.25) is 0 Å². The van der Waals surface area contributed by atoms with Crippen LogP contribution < -0.4 is 10.6 Å². The third-order valence-electron chi connectivity index (χ3n) is 1.90. The fourth-order valence-corrected chi connectivity index (χ4v) is 1.18. The molecule has 2 N–H and O–H groups in total. The molecule has 1 heterocycles. The quantitative estimate of drug-likeness (QED) is 0.751. The molecule has 0 saturated carbocycles. The van der Waals surface area contributed by atoms with Crippen LogP contribution in [0.5, 0.6) is 0 Å². The normalized spacial score (nSPS) is 10.6. The van der Waals surface area contributed by atoms with Gasteiger partial charge < -0.3 is 10.6 Å². The molecule has 0 aromatic carbocycles. The second-order valence-electron chi connectivity index (χ2n) is 3.62. The van der Waals surface area contributed by atoms with E-state index in [1.807, 2.05) is 12.3 Å². The third kappa shape index (κ3) is 3.75. The van der Waals surface area contributed by atoms with Crippen LogP contribution >= 0.6 is 0 Å². The Morgan fingerprint density at radius 3 is 2.86 bits per heavy atom. The second kappa shape index (κ2) is 5.60. The summed E-state index contributed by atoms with van der Waals surface area (Å²) in [5.41, 5.74) is 1.27. The molecule has 0 spiro atoms. The molecule has 0 fully saturated rings. The number of nitrogens with one attached hydrogen (secondary N) is 2. The number of anilines is 1. The summed E-state index contributed by atoms with van der Waals surface area (Å²) in [7, 11) is 0. The molecule has 3 nitrogen and oxygen atoms in total. The lowest BCUT2D eigenvalue weighted by molar-refractivity contribution is 0.588. The van der Waals surface area contributed by atoms with Crippen molar-refractivity contribution < 1.29 is 0 Å². The van der Waals surface area contributed by atoms with Crippen LogP contribution in [0.1, 0.15) is 26.3 Å². The number of nitrogens with zero attached hydrogens (tertiary/aromatic N) is 1. The highest BCUT2D eigenvalue weighted by Gasteiger charge is 1.97. The van der Waals surface area contributed by atoms with Gasteiger partial charge in [0.2, 0.25) is 0 Å². The average molecular weight is 193 g/mol. The summed E-state index contributed by atoms with van der Waals surface area (Å²) in [4.78, 5) is 4.22. The van der Waals surface area contributed by atoms with E-state index < -0.39 is 0 Å². The molecule has 0 saturated heterocycles. The van der Waals surface area contributed by atoms with Crippen molar-refractivity contribution in [2.75, 3.05) is 11.9 Å².